The maximum atomic E-state index is 6.46. The molecular formula is C16H26O3Si. The van der Waals surface area contributed by atoms with Crippen LogP contribution in [0.25, 0.3) is 0 Å². The van der Waals surface area contributed by atoms with E-state index in [1.165, 1.54) is 0 Å². The normalized spacial score (nSPS) is 23.9. The molecule has 0 unspecified atom stereocenters. The van der Waals surface area contributed by atoms with E-state index >= 15 is 0 Å². The standard InChI is InChI=1S/C16H26O3Si/c1-15(2)11-12-16(3,4)19-20(6,18-15)14-9-7-13(17-5)8-10-14/h7-10H,11-12H2,1-6H3. The quantitative estimate of drug-likeness (QED) is 0.783. The summed E-state index contributed by atoms with van der Waals surface area (Å²) < 4.78 is 18.1. The number of methoxy groups -OCH3 is 1. The van der Waals surface area contributed by atoms with Crippen LogP contribution >= 0.6 is 0 Å². The molecule has 0 spiro atoms. The largest absolute Gasteiger partial charge is 0.497 e. The predicted molar refractivity (Wildman–Crippen MR) is 83.8 cm³/mol. The molecule has 1 heterocycles. The van der Waals surface area contributed by atoms with Crippen molar-refractivity contribution in [1.29, 1.82) is 0 Å². The highest BCUT2D eigenvalue weighted by Crippen LogP contribution is 2.35. The molecule has 20 heavy (non-hydrogen) atoms. The molecular weight excluding hydrogens is 268 g/mol. The Kier molecular flexibility index (Phi) is 4.02. The molecule has 112 valence electrons. The fourth-order valence-corrected chi connectivity index (χ4v) is 6.15. The van der Waals surface area contributed by atoms with Crippen LogP contribution in [0.5, 0.6) is 5.75 Å². The summed E-state index contributed by atoms with van der Waals surface area (Å²) in [4.78, 5) is 0. The summed E-state index contributed by atoms with van der Waals surface area (Å²) in [5.74, 6) is 0.860. The molecule has 4 heteroatoms. The fraction of sp³-hybridized carbons (Fsp3) is 0.625. The molecule has 0 atom stereocenters. The zero-order valence-electron chi connectivity index (χ0n) is 13.4. The van der Waals surface area contributed by atoms with E-state index in [-0.39, 0.29) is 11.2 Å². The van der Waals surface area contributed by atoms with E-state index in [4.69, 9.17) is 13.6 Å². The van der Waals surface area contributed by atoms with Crippen molar-refractivity contribution in [1.82, 2.24) is 0 Å². The van der Waals surface area contributed by atoms with Crippen LogP contribution in [0.4, 0.5) is 0 Å². The van der Waals surface area contributed by atoms with Gasteiger partial charge in [0.15, 0.2) is 0 Å². The van der Waals surface area contributed by atoms with Crippen LogP contribution in [-0.4, -0.2) is 26.9 Å². The van der Waals surface area contributed by atoms with Gasteiger partial charge in [0.05, 0.1) is 18.3 Å². The number of rotatable bonds is 2. The van der Waals surface area contributed by atoms with Crippen molar-refractivity contribution in [2.24, 2.45) is 0 Å². The zero-order chi connectivity index (χ0) is 15.0. The Hall–Kier alpha value is -0.843. The number of hydrogen-bond acceptors (Lipinski definition) is 3. The second kappa shape index (κ2) is 5.17. The third kappa shape index (κ3) is 3.43. The molecule has 1 fully saturated rings. The lowest BCUT2D eigenvalue weighted by atomic mass is 9.94. The van der Waals surface area contributed by atoms with Crippen molar-refractivity contribution in [3.05, 3.63) is 24.3 Å². The van der Waals surface area contributed by atoms with E-state index in [0.29, 0.717) is 0 Å². The highest BCUT2D eigenvalue weighted by Gasteiger charge is 2.47. The average molecular weight is 294 g/mol. The third-order valence-corrected chi connectivity index (χ3v) is 7.15. The van der Waals surface area contributed by atoms with E-state index in [0.717, 1.165) is 23.8 Å². The second-order valence-electron chi connectivity index (χ2n) is 6.90. The van der Waals surface area contributed by atoms with E-state index in [2.05, 4.69) is 46.4 Å². The number of ether oxygens (including phenoxy) is 1. The van der Waals surface area contributed by atoms with Crippen molar-refractivity contribution in [2.45, 2.75) is 58.3 Å². The van der Waals surface area contributed by atoms with Crippen LogP contribution in [0.2, 0.25) is 6.55 Å². The molecule has 1 aromatic carbocycles. The molecule has 0 saturated carbocycles. The van der Waals surface area contributed by atoms with Gasteiger partial charge in [-0.2, -0.15) is 0 Å². The summed E-state index contributed by atoms with van der Waals surface area (Å²) in [6.07, 6.45) is 2.03. The first-order chi connectivity index (χ1) is 9.16. The first-order valence-corrected chi connectivity index (χ1v) is 9.52. The average Bonchev–Trinajstić information content (AvgIpc) is 2.44. The minimum Gasteiger partial charge on any atom is -0.497 e. The summed E-state index contributed by atoms with van der Waals surface area (Å²) in [6, 6.07) is 8.10. The second-order valence-corrected chi connectivity index (χ2v) is 9.77. The van der Waals surface area contributed by atoms with Gasteiger partial charge in [-0.05, 0) is 64.4 Å². The molecule has 3 nitrogen and oxygen atoms in total. The SMILES string of the molecule is COc1ccc([Si]2(C)OC(C)(C)CCC(C)(C)O2)cc1. The van der Waals surface area contributed by atoms with Gasteiger partial charge < -0.3 is 13.6 Å². The maximum Gasteiger partial charge on any atom is 0.370 e. The van der Waals surface area contributed by atoms with Gasteiger partial charge in [0.25, 0.3) is 0 Å². The number of benzene rings is 1. The van der Waals surface area contributed by atoms with Gasteiger partial charge in [0, 0.05) is 0 Å². The van der Waals surface area contributed by atoms with Gasteiger partial charge in [-0.15, -0.1) is 0 Å². The van der Waals surface area contributed by atoms with Crippen LogP contribution in [0.15, 0.2) is 24.3 Å². The monoisotopic (exact) mass is 294 g/mol. The van der Waals surface area contributed by atoms with Crippen LogP contribution in [0.1, 0.15) is 40.5 Å². The summed E-state index contributed by atoms with van der Waals surface area (Å²) in [6.45, 7) is 10.8. The Morgan fingerprint density at radius 1 is 0.950 bits per heavy atom. The van der Waals surface area contributed by atoms with Crippen LogP contribution in [0, 0.1) is 0 Å². The Labute approximate surface area is 123 Å². The Morgan fingerprint density at radius 2 is 1.40 bits per heavy atom. The maximum absolute atomic E-state index is 6.46. The lowest BCUT2D eigenvalue weighted by Crippen LogP contribution is -2.56. The summed E-state index contributed by atoms with van der Waals surface area (Å²) in [5, 5.41) is 1.15. The van der Waals surface area contributed by atoms with E-state index in [9.17, 15) is 0 Å². The summed E-state index contributed by atoms with van der Waals surface area (Å²) in [7, 11) is -0.746. The van der Waals surface area contributed by atoms with Gasteiger partial charge in [0.1, 0.15) is 5.75 Å². The summed E-state index contributed by atoms with van der Waals surface area (Å²) in [5.41, 5.74) is -0.288. The molecule has 2 rings (SSSR count). The Morgan fingerprint density at radius 3 is 1.80 bits per heavy atom. The summed E-state index contributed by atoms with van der Waals surface area (Å²) >= 11 is 0. The van der Waals surface area contributed by atoms with Gasteiger partial charge in [-0.3, -0.25) is 0 Å². The van der Waals surface area contributed by atoms with E-state index < -0.39 is 8.56 Å². The molecule has 1 aliphatic heterocycles. The lowest BCUT2D eigenvalue weighted by Gasteiger charge is -2.36. The Bertz CT molecular complexity index is 447. The smallest absolute Gasteiger partial charge is 0.370 e. The minimum atomic E-state index is -2.43. The van der Waals surface area contributed by atoms with Gasteiger partial charge in [0.2, 0.25) is 0 Å². The molecule has 0 amide bonds. The van der Waals surface area contributed by atoms with Crippen LogP contribution in [-0.2, 0) is 8.85 Å². The van der Waals surface area contributed by atoms with Crippen molar-refractivity contribution >= 4 is 13.7 Å². The van der Waals surface area contributed by atoms with E-state index in [1.54, 1.807) is 7.11 Å². The molecule has 0 N–H and O–H groups in total. The predicted octanol–water partition coefficient (Wildman–Crippen LogP) is 3.36. The highest BCUT2D eigenvalue weighted by molar-refractivity contribution is 6.80. The van der Waals surface area contributed by atoms with Crippen molar-refractivity contribution in [3.63, 3.8) is 0 Å². The fourth-order valence-electron chi connectivity index (χ4n) is 2.79. The third-order valence-electron chi connectivity index (χ3n) is 3.89. The van der Waals surface area contributed by atoms with E-state index in [1.807, 2.05) is 12.1 Å². The van der Waals surface area contributed by atoms with Gasteiger partial charge in [-0.1, -0.05) is 12.1 Å². The first kappa shape index (κ1) is 15.5. The van der Waals surface area contributed by atoms with Crippen LogP contribution < -0.4 is 9.92 Å². The lowest BCUT2D eigenvalue weighted by molar-refractivity contribution is 0.0544. The van der Waals surface area contributed by atoms with Gasteiger partial charge >= 0.3 is 8.56 Å². The minimum absolute atomic E-state index is 0.144. The van der Waals surface area contributed by atoms with Crippen molar-refractivity contribution in [2.75, 3.05) is 7.11 Å². The molecule has 0 radical (unpaired) electrons. The Balaban J connectivity index is 2.37. The van der Waals surface area contributed by atoms with Gasteiger partial charge in [-0.25, -0.2) is 0 Å². The molecule has 0 aromatic heterocycles. The molecule has 1 saturated heterocycles. The molecule has 1 aliphatic rings. The zero-order valence-corrected chi connectivity index (χ0v) is 14.4. The highest BCUT2D eigenvalue weighted by atomic mass is 28.4. The van der Waals surface area contributed by atoms with Crippen LogP contribution in [0.3, 0.4) is 0 Å². The topological polar surface area (TPSA) is 27.7 Å². The molecule has 1 aromatic rings. The van der Waals surface area contributed by atoms with Crippen molar-refractivity contribution in [3.8, 4) is 5.75 Å². The molecule has 0 aliphatic carbocycles. The number of hydrogen-bond donors (Lipinski definition) is 0. The van der Waals surface area contributed by atoms with Crippen molar-refractivity contribution < 1.29 is 13.6 Å². The first-order valence-electron chi connectivity index (χ1n) is 7.21. The molecule has 0 bridgehead atoms.